The lowest BCUT2D eigenvalue weighted by Gasteiger charge is -2.12. The number of nitrogens with zero attached hydrogens (tertiary/aromatic N) is 1. The van der Waals surface area contributed by atoms with Gasteiger partial charge in [-0.2, -0.15) is 0 Å². The number of rotatable bonds is 5. The molecule has 1 aromatic heterocycles. The first kappa shape index (κ1) is 14.7. The summed E-state index contributed by atoms with van der Waals surface area (Å²) in [5.74, 6) is -1.34. The summed E-state index contributed by atoms with van der Waals surface area (Å²) in [5, 5.41) is 11.4. The van der Waals surface area contributed by atoms with Crippen molar-refractivity contribution in [2.75, 3.05) is 5.32 Å². The summed E-state index contributed by atoms with van der Waals surface area (Å²) in [7, 11) is 0. The monoisotopic (exact) mass is 285 g/mol. The number of hydrogen-bond donors (Lipinski definition) is 3. The highest BCUT2D eigenvalue weighted by Crippen LogP contribution is 2.10. The largest absolute Gasteiger partial charge is 0.478 e. The van der Waals surface area contributed by atoms with Gasteiger partial charge in [0.2, 0.25) is 5.91 Å². The fourth-order valence-electron chi connectivity index (χ4n) is 1.80. The Kier molecular flexibility index (Phi) is 4.63. The van der Waals surface area contributed by atoms with Crippen LogP contribution in [-0.4, -0.2) is 28.0 Å². The zero-order chi connectivity index (χ0) is 15.2. The van der Waals surface area contributed by atoms with Crippen LogP contribution in [0.3, 0.4) is 0 Å². The van der Waals surface area contributed by atoms with Crippen LogP contribution in [-0.2, 0) is 11.2 Å². The molecule has 6 heteroatoms. The second-order valence-electron chi connectivity index (χ2n) is 4.54. The number of hydrogen-bond acceptors (Lipinski definition) is 4. The summed E-state index contributed by atoms with van der Waals surface area (Å²) in [6.45, 7) is 0. The number of nitrogens with two attached hydrogens (primary N) is 1. The van der Waals surface area contributed by atoms with Gasteiger partial charge in [0.1, 0.15) is 0 Å². The molecule has 4 N–H and O–H groups in total. The molecule has 0 saturated heterocycles. The van der Waals surface area contributed by atoms with Crippen molar-refractivity contribution in [1.29, 1.82) is 0 Å². The molecule has 1 heterocycles. The maximum atomic E-state index is 12.0. The first-order chi connectivity index (χ1) is 10.1. The highest BCUT2D eigenvalue weighted by molar-refractivity contribution is 5.95. The number of carboxylic acids is 1. The third-order valence-electron chi connectivity index (χ3n) is 2.91. The number of pyridine rings is 1. The summed E-state index contributed by atoms with van der Waals surface area (Å²) >= 11 is 0. The van der Waals surface area contributed by atoms with E-state index in [2.05, 4.69) is 10.3 Å². The van der Waals surface area contributed by atoms with Crippen molar-refractivity contribution in [2.45, 2.75) is 12.5 Å². The van der Waals surface area contributed by atoms with Crippen LogP contribution in [0.15, 0.2) is 48.8 Å². The SMILES string of the molecule is N[C@@H](Cc1cccnc1)C(=O)Nc1ccc(C(=O)O)cc1. The second-order valence-corrected chi connectivity index (χ2v) is 4.54. The molecule has 0 aliphatic heterocycles. The molecule has 0 unspecified atom stereocenters. The number of carbonyl (C=O) groups excluding carboxylic acids is 1. The summed E-state index contributed by atoms with van der Waals surface area (Å²) in [6, 6.07) is 8.83. The molecular weight excluding hydrogens is 270 g/mol. The van der Waals surface area contributed by atoms with Crippen LogP contribution in [0.2, 0.25) is 0 Å². The Labute approximate surface area is 121 Å². The molecule has 0 aliphatic rings. The van der Waals surface area contributed by atoms with E-state index in [9.17, 15) is 9.59 Å². The fourth-order valence-corrected chi connectivity index (χ4v) is 1.80. The molecule has 2 rings (SSSR count). The van der Waals surface area contributed by atoms with Crippen LogP contribution in [0.1, 0.15) is 15.9 Å². The average Bonchev–Trinajstić information content (AvgIpc) is 2.48. The van der Waals surface area contributed by atoms with Crippen LogP contribution < -0.4 is 11.1 Å². The number of aromatic carboxylic acids is 1. The van der Waals surface area contributed by atoms with Crippen molar-refractivity contribution in [3.05, 3.63) is 59.9 Å². The highest BCUT2D eigenvalue weighted by atomic mass is 16.4. The van der Waals surface area contributed by atoms with Crippen molar-refractivity contribution in [2.24, 2.45) is 5.73 Å². The van der Waals surface area contributed by atoms with Crippen molar-refractivity contribution in [3.8, 4) is 0 Å². The summed E-state index contributed by atoms with van der Waals surface area (Å²) in [4.78, 5) is 26.7. The summed E-state index contributed by atoms with van der Waals surface area (Å²) in [6.07, 6.45) is 3.70. The minimum absolute atomic E-state index is 0.160. The molecule has 1 amide bonds. The van der Waals surface area contributed by atoms with E-state index < -0.39 is 12.0 Å². The predicted molar refractivity (Wildman–Crippen MR) is 77.9 cm³/mol. The standard InChI is InChI=1S/C15H15N3O3/c16-13(8-10-2-1-7-17-9-10)14(19)18-12-5-3-11(4-6-12)15(20)21/h1-7,9,13H,8,16H2,(H,18,19)(H,20,21)/t13-/m0/s1. The van der Waals surface area contributed by atoms with Gasteiger partial charge in [-0.15, -0.1) is 0 Å². The normalized spacial score (nSPS) is 11.7. The van der Waals surface area contributed by atoms with Gasteiger partial charge in [-0.25, -0.2) is 4.79 Å². The Morgan fingerprint density at radius 2 is 1.95 bits per heavy atom. The maximum Gasteiger partial charge on any atom is 0.335 e. The molecule has 0 bridgehead atoms. The van der Waals surface area contributed by atoms with E-state index in [4.69, 9.17) is 10.8 Å². The molecule has 1 atom stereocenters. The van der Waals surface area contributed by atoms with E-state index in [1.54, 1.807) is 18.5 Å². The average molecular weight is 285 g/mol. The van der Waals surface area contributed by atoms with E-state index >= 15 is 0 Å². The number of aromatic nitrogens is 1. The van der Waals surface area contributed by atoms with Gasteiger partial charge < -0.3 is 16.2 Å². The van der Waals surface area contributed by atoms with Gasteiger partial charge >= 0.3 is 5.97 Å². The zero-order valence-corrected chi connectivity index (χ0v) is 11.2. The van der Waals surface area contributed by atoms with Crippen molar-refractivity contribution in [3.63, 3.8) is 0 Å². The molecule has 0 radical (unpaired) electrons. The van der Waals surface area contributed by atoms with Gasteiger partial charge in [0, 0.05) is 18.1 Å². The van der Waals surface area contributed by atoms with Crippen LogP contribution in [0.4, 0.5) is 5.69 Å². The number of anilines is 1. The Morgan fingerprint density at radius 3 is 2.52 bits per heavy atom. The minimum Gasteiger partial charge on any atom is -0.478 e. The van der Waals surface area contributed by atoms with Crippen LogP contribution in [0.25, 0.3) is 0 Å². The number of carbonyl (C=O) groups is 2. The van der Waals surface area contributed by atoms with Gasteiger partial charge in [-0.05, 0) is 42.3 Å². The molecule has 0 aliphatic carbocycles. The Balaban J connectivity index is 1.95. The molecule has 0 saturated carbocycles. The molecule has 0 spiro atoms. The Morgan fingerprint density at radius 1 is 1.24 bits per heavy atom. The zero-order valence-electron chi connectivity index (χ0n) is 11.2. The number of benzene rings is 1. The molecule has 1 aromatic carbocycles. The van der Waals surface area contributed by atoms with Gasteiger partial charge in [-0.3, -0.25) is 9.78 Å². The van der Waals surface area contributed by atoms with E-state index in [1.807, 2.05) is 6.07 Å². The smallest absolute Gasteiger partial charge is 0.335 e. The molecule has 2 aromatic rings. The van der Waals surface area contributed by atoms with Gasteiger partial charge in [0.05, 0.1) is 11.6 Å². The number of nitrogens with one attached hydrogen (secondary N) is 1. The van der Waals surface area contributed by atoms with Gasteiger partial charge in [-0.1, -0.05) is 6.07 Å². The Hall–Kier alpha value is -2.73. The lowest BCUT2D eigenvalue weighted by atomic mass is 10.1. The first-order valence-electron chi connectivity index (χ1n) is 6.35. The minimum atomic E-state index is -1.01. The number of amides is 1. The lowest BCUT2D eigenvalue weighted by molar-refractivity contribution is -0.117. The van der Waals surface area contributed by atoms with Crippen LogP contribution in [0, 0.1) is 0 Å². The van der Waals surface area contributed by atoms with Crippen molar-refractivity contribution in [1.82, 2.24) is 4.98 Å². The lowest BCUT2D eigenvalue weighted by Crippen LogP contribution is -2.37. The van der Waals surface area contributed by atoms with Gasteiger partial charge in [0.15, 0.2) is 0 Å². The van der Waals surface area contributed by atoms with Crippen molar-refractivity contribution < 1.29 is 14.7 Å². The summed E-state index contributed by atoms with van der Waals surface area (Å²) < 4.78 is 0. The summed E-state index contributed by atoms with van der Waals surface area (Å²) in [5.41, 5.74) is 7.38. The van der Waals surface area contributed by atoms with Crippen LogP contribution >= 0.6 is 0 Å². The van der Waals surface area contributed by atoms with Crippen LogP contribution in [0.5, 0.6) is 0 Å². The van der Waals surface area contributed by atoms with E-state index in [0.717, 1.165) is 5.56 Å². The molecular formula is C15H15N3O3. The number of carboxylic acid groups (broad SMARTS) is 1. The third-order valence-corrected chi connectivity index (χ3v) is 2.91. The molecule has 6 nitrogen and oxygen atoms in total. The molecule has 0 fully saturated rings. The molecule has 21 heavy (non-hydrogen) atoms. The second kappa shape index (κ2) is 6.62. The maximum absolute atomic E-state index is 12.0. The highest BCUT2D eigenvalue weighted by Gasteiger charge is 2.14. The quantitative estimate of drug-likeness (QED) is 0.767. The van der Waals surface area contributed by atoms with E-state index in [-0.39, 0.29) is 11.5 Å². The Bertz CT molecular complexity index is 626. The predicted octanol–water partition coefficient (Wildman–Crippen LogP) is 1.29. The van der Waals surface area contributed by atoms with Gasteiger partial charge in [0.25, 0.3) is 0 Å². The van der Waals surface area contributed by atoms with Crippen molar-refractivity contribution >= 4 is 17.6 Å². The molecule has 108 valence electrons. The van der Waals surface area contributed by atoms with E-state index in [1.165, 1.54) is 24.3 Å². The van der Waals surface area contributed by atoms with E-state index in [0.29, 0.717) is 12.1 Å². The first-order valence-corrected chi connectivity index (χ1v) is 6.35. The third kappa shape index (κ3) is 4.12. The fraction of sp³-hybridized carbons (Fsp3) is 0.133. The topological polar surface area (TPSA) is 105 Å².